The molecule has 0 aliphatic heterocycles. The molecule has 2 aromatic carbocycles. The van der Waals surface area contributed by atoms with Crippen LogP contribution >= 0.6 is 0 Å². The molecule has 0 heterocycles. The Bertz CT molecular complexity index is 783. The van der Waals surface area contributed by atoms with Crippen LogP contribution in [-0.4, -0.2) is 11.8 Å². The van der Waals surface area contributed by atoms with Crippen LogP contribution in [0.4, 0.5) is 20.2 Å². The van der Waals surface area contributed by atoms with E-state index in [0.29, 0.717) is 11.8 Å². The molecule has 0 saturated heterocycles. The van der Waals surface area contributed by atoms with E-state index < -0.39 is 23.4 Å². The smallest absolute Gasteiger partial charge is 0.314 e. The summed E-state index contributed by atoms with van der Waals surface area (Å²) in [5.41, 5.74) is 0.869. The third kappa shape index (κ3) is 4.16. The fraction of sp³-hybridized carbons (Fsp3) is 0.222. The monoisotopic (exact) mass is 332 g/mol. The summed E-state index contributed by atoms with van der Waals surface area (Å²) in [6.07, 6.45) is 0. The standard InChI is InChI=1S/C18H18F2N2O2/c1-18(2,3)12-6-4-5-7-14(12)21-16(23)17(24)22-15-9-8-11(19)10-13(15)20/h4-10H,1-3H3,(H,21,23)(H,22,24). The third-order valence-corrected chi connectivity index (χ3v) is 3.37. The van der Waals surface area contributed by atoms with Crippen LogP contribution in [0, 0.1) is 11.6 Å². The Kier molecular flexibility index (Phi) is 4.97. The molecular weight excluding hydrogens is 314 g/mol. The maximum atomic E-state index is 13.5. The summed E-state index contributed by atoms with van der Waals surface area (Å²) in [5.74, 6) is -3.69. The summed E-state index contributed by atoms with van der Waals surface area (Å²) in [5, 5.41) is 4.64. The quantitative estimate of drug-likeness (QED) is 0.821. The molecule has 4 nitrogen and oxygen atoms in total. The number of amides is 2. The predicted octanol–water partition coefficient (Wildman–Crippen LogP) is 3.84. The Labute approximate surface area is 138 Å². The van der Waals surface area contributed by atoms with Crippen LogP contribution in [-0.2, 0) is 15.0 Å². The van der Waals surface area contributed by atoms with E-state index >= 15 is 0 Å². The van der Waals surface area contributed by atoms with Crippen molar-refractivity contribution >= 4 is 23.2 Å². The lowest BCUT2D eigenvalue weighted by Crippen LogP contribution is -2.30. The van der Waals surface area contributed by atoms with Gasteiger partial charge in [-0.15, -0.1) is 0 Å². The van der Waals surface area contributed by atoms with Gasteiger partial charge in [0.1, 0.15) is 11.6 Å². The van der Waals surface area contributed by atoms with Crippen LogP contribution in [0.15, 0.2) is 42.5 Å². The Balaban J connectivity index is 2.14. The lowest BCUT2D eigenvalue weighted by Gasteiger charge is -2.22. The molecule has 0 radical (unpaired) electrons. The van der Waals surface area contributed by atoms with Gasteiger partial charge >= 0.3 is 11.8 Å². The number of anilines is 2. The van der Waals surface area contributed by atoms with Crippen molar-refractivity contribution in [1.82, 2.24) is 0 Å². The number of para-hydroxylation sites is 1. The average molecular weight is 332 g/mol. The molecule has 126 valence electrons. The Morgan fingerprint density at radius 1 is 0.875 bits per heavy atom. The molecule has 0 fully saturated rings. The van der Waals surface area contributed by atoms with E-state index in [2.05, 4.69) is 10.6 Å². The van der Waals surface area contributed by atoms with Gasteiger partial charge in [-0.05, 0) is 29.2 Å². The van der Waals surface area contributed by atoms with E-state index in [9.17, 15) is 18.4 Å². The van der Waals surface area contributed by atoms with Gasteiger partial charge in [-0.25, -0.2) is 8.78 Å². The molecule has 2 rings (SSSR count). The highest BCUT2D eigenvalue weighted by Crippen LogP contribution is 2.29. The highest BCUT2D eigenvalue weighted by atomic mass is 19.1. The zero-order valence-corrected chi connectivity index (χ0v) is 13.6. The van der Waals surface area contributed by atoms with Gasteiger partial charge in [0.05, 0.1) is 5.69 Å². The maximum absolute atomic E-state index is 13.5. The van der Waals surface area contributed by atoms with E-state index in [1.165, 1.54) is 0 Å². The molecule has 24 heavy (non-hydrogen) atoms. The highest BCUT2D eigenvalue weighted by molar-refractivity contribution is 6.43. The zero-order valence-electron chi connectivity index (χ0n) is 13.6. The van der Waals surface area contributed by atoms with Gasteiger partial charge in [0.25, 0.3) is 0 Å². The summed E-state index contributed by atoms with van der Waals surface area (Å²) >= 11 is 0. The molecule has 2 N–H and O–H groups in total. The van der Waals surface area contributed by atoms with E-state index in [0.717, 1.165) is 17.7 Å². The number of nitrogens with one attached hydrogen (secondary N) is 2. The van der Waals surface area contributed by atoms with Crippen LogP contribution in [0.5, 0.6) is 0 Å². The SMILES string of the molecule is CC(C)(C)c1ccccc1NC(=O)C(=O)Nc1ccc(F)cc1F. The molecule has 0 spiro atoms. The Morgan fingerprint density at radius 2 is 1.46 bits per heavy atom. The van der Waals surface area contributed by atoms with Gasteiger partial charge in [-0.2, -0.15) is 0 Å². The second-order valence-corrected chi connectivity index (χ2v) is 6.33. The van der Waals surface area contributed by atoms with Gasteiger partial charge in [-0.1, -0.05) is 39.0 Å². The number of rotatable bonds is 2. The number of hydrogen-bond donors (Lipinski definition) is 2. The minimum atomic E-state index is -1.04. The summed E-state index contributed by atoms with van der Waals surface area (Å²) < 4.78 is 26.4. The Hall–Kier alpha value is -2.76. The second-order valence-electron chi connectivity index (χ2n) is 6.33. The number of benzene rings is 2. The summed E-state index contributed by atoms with van der Waals surface area (Å²) in [7, 11) is 0. The first-order chi connectivity index (χ1) is 11.2. The molecule has 2 aromatic rings. The van der Waals surface area contributed by atoms with Gasteiger partial charge in [0.2, 0.25) is 0 Å². The van der Waals surface area contributed by atoms with E-state index in [1.54, 1.807) is 12.1 Å². The summed E-state index contributed by atoms with van der Waals surface area (Å²) in [4.78, 5) is 24.0. The van der Waals surface area contributed by atoms with E-state index in [4.69, 9.17) is 0 Å². The molecule has 0 aliphatic rings. The first-order valence-electron chi connectivity index (χ1n) is 7.35. The number of carbonyl (C=O) groups excluding carboxylic acids is 2. The van der Waals surface area contributed by atoms with Crippen molar-refractivity contribution < 1.29 is 18.4 Å². The topological polar surface area (TPSA) is 58.2 Å². The fourth-order valence-electron chi connectivity index (χ4n) is 2.20. The molecule has 0 aliphatic carbocycles. The van der Waals surface area contributed by atoms with E-state index in [1.807, 2.05) is 32.9 Å². The molecule has 0 atom stereocenters. The van der Waals surface area contributed by atoms with E-state index in [-0.39, 0.29) is 11.1 Å². The van der Waals surface area contributed by atoms with Crippen molar-refractivity contribution in [2.24, 2.45) is 0 Å². The van der Waals surface area contributed by atoms with Crippen LogP contribution in [0.2, 0.25) is 0 Å². The fourth-order valence-corrected chi connectivity index (χ4v) is 2.20. The van der Waals surface area contributed by atoms with Gasteiger partial charge < -0.3 is 10.6 Å². The molecule has 0 bridgehead atoms. The van der Waals surface area contributed by atoms with Crippen molar-refractivity contribution in [2.75, 3.05) is 10.6 Å². The lowest BCUT2D eigenvalue weighted by molar-refractivity contribution is -0.133. The average Bonchev–Trinajstić information content (AvgIpc) is 2.49. The lowest BCUT2D eigenvalue weighted by atomic mass is 9.86. The second kappa shape index (κ2) is 6.78. The van der Waals surface area contributed by atoms with Gasteiger partial charge in [-0.3, -0.25) is 9.59 Å². The molecule has 0 unspecified atom stereocenters. The van der Waals surface area contributed by atoms with Crippen molar-refractivity contribution in [3.8, 4) is 0 Å². The molecule has 0 aromatic heterocycles. The minimum absolute atomic E-state index is 0.233. The maximum Gasteiger partial charge on any atom is 0.314 e. The summed E-state index contributed by atoms with van der Waals surface area (Å²) in [6.45, 7) is 5.93. The normalized spacial score (nSPS) is 11.0. The number of carbonyl (C=O) groups is 2. The van der Waals surface area contributed by atoms with Crippen LogP contribution in [0.1, 0.15) is 26.3 Å². The van der Waals surface area contributed by atoms with Crippen molar-refractivity contribution in [2.45, 2.75) is 26.2 Å². The van der Waals surface area contributed by atoms with Crippen LogP contribution < -0.4 is 10.6 Å². The largest absolute Gasteiger partial charge is 0.318 e. The Morgan fingerprint density at radius 3 is 2.04 bits per heavy atom. The molecular formula is C18H18F2N2O2. The van der Waals surface area contributed by atoms with Gasteiger partial charge in [0.15, 0.2) is 0 Å². The minimum Gasteiger partial charge on any atom is -0.318 e. The van der Waals surface area contributed by atoms with Crippen molar-refractivity contribution in [3.05, 3.63) is 59.7 Å². The first kappa shape index (κ1) is 17.6. The van der Waals surface area contributed by atoms with Crippen LogP contribution in [0.3, 0.4) is 0 Å². The zero-order chi connectivity index (χ0) is 17.9. The van der Waals surface area contributed by atoms with Gasteiger partial charge in [0, 0.05) is 11.8 Å². The molecule has 6 heteroatoms. The molecule has 0 saturated carbocycles. The number of halogens is 2. The predicted molar refractivity (Wildman–Crippen MR) is 88.8 cm³/mol. The van der Waals surface area contributed by atoms with Crippen LogP contribution in [0.25, 0.3) is 0 Å². The third-order valence-electron chi connectivity index (χ3n) is 3.37. The first-order valence-corrected chi connectivity index (χ1v) is 7.35. The summed E-state index contributed by atoms with van der Waals surface area (Å²) in [6, 6.07) is 9.79. The number of hydrogen-bond acceptors (Lipinski definition) is 2. The molecule has 2 amide bonds. The van der Waals surface area contributed by atoms with Crippen molar-refractivity contribution in [3.63, 3.8) is 0 Å². The van der Waals surface area contributed by atoms with Crippen molar-refractivity contribution in [1.29, 1.82) is 0 Å². The highest BCUT2D eigenvalue weighted by Gasteiger charge is 2.21.